The minimum atomic E-state index is -0.492. The number of rotatable bonds is 3. The smallest absolute Gasteiger partial charge is 0.233 e. The molecular formula is C16H23NO2S. The summed E-state index contributed by atoms with van der Waals surface area (Å²) in [6.07, 6.45) is -0.492. The molecule has 1 heterocycles. The van der Waals surface area contributed by atoms with E-state index in [2.05, 4.69) is 45.0 Å². The maximum absolute atomic E-state index is 11.9. The van der Waals surface area contributed by atoms with Gasteiger partial charge in [0.2, 0.25) is 5.91 Å². The first-order chi connectivity index (χ1) is 9.29. The van der Waals surface area contributed by atoms with Crippen molar-refractivity contribution < 1.29 is 9.90 Å². The average molecular weight is 293 g/mol. The Morgan fingerprint density at radius 1 is 1.35 bits per heavy atom. The molecule has 1 N–H and O–H groups in total. The highest BCUT2D eigenvalue weighted by atomic mass is 32.2. The summed E-state index contributed by atoms with van der Waals surface area (Å²) in [5.74, 6) is 0.610. The van der Waals surface area contributed by atoms with Crippen LogP contribution in [-0.2, 0) is 10.2 Å². The standard InChI is InChI=1S/C16H23NO2S/c1-11(18)9-17-14(19)10-20-15(17)12-5-7-13(8-6-12)16(2,3)4/h5-8,11,15,18H,9-10H2,1-4H3/t11-,15-/m1/s1. The molecule has 1 aromatic rings. The Morgan fingerprint density at radius 3 is 2.45 bits per heavy atom. The third-order valence-corrected chi connectivity index (χ3v) is 4.75. The van der Waals surface area contributed by atoms with Crippen LogP contribution in [0.3, 0.4) is 0 Å². The summed E-state index contributed by atoms with van der Waals surface area (Å²) in [4.78, 5) is 13.7. The molecule has 1 fully saturated rings. The molecule has 0 bridgehead atoms. The Morgan fingerprint density at radius 2 is 1.95 bits per heavy atom. The van der Waals surface area contributed by atoms with Crippen LogP contribution in [-0.4, -0.2) is 34.3 Å². The molecule has 0 aromatic heterocycles. The number of aliphatic hydroxyl groups is 1. The lowest BCUT2D eigenvalue weighted by Crippen LogP contribution is -2.34. The first-order valence-electron chi connectivity index (χ1n) is 6.98. The van der Waals surface area contributed by atoms with Gasteiger partial charge in [-0.2, -0.15) is 0 Å². The van der Waals surface area contributed by atoms with Gasteiger partial charge in [0.15, 0.2) is 0 Å². The molecule has 1 aromatic carbocycles. The van der Waals surface area contributed by atoms with Gasteiger partial charge in [-0.1, -0.05) is 45.0 Å². The van der Waals surface area contributed by atoms with Gasteiger partial charge in [0, 0.05) is 6.54 Å². The fraction of sp³-hybridized carbons (Fsp3) is 0.562. The molecule has 110 valence electrons. The first kappa shape index (κ1) is 15.4. The zero-order valence-corrected chi connectivity index (χ0v) is 13.4. The van der Waals surface area contributed by atoms with Crippen LogP contribution in [0.15, 0.2) is 24.3 Å². The number of carbonyl (C=O) groups excluding carboxylic acids is 1. The number of aliphatic hydroxyl groups excluding tert-OH is 1. The van der Waals surface area contributed by atoms with E-state index < -0.39 is 6.10 Å². The topological polar surface area (TPSA) is 40.5 Å². The Kier molecular flexibility index (Phi) is 4.45. The van der Waals surface area contributed by atoms with E-state index >= 15 is 0 Å². The van der Waals surface area contributed by atoms with E-state index in [0.717, 1.165) is 5.56 Å². The number of β-amino-alcohol motifs (C(OH)–C–C–N with tert-alkyl or cyclic N) is 1. The van der Waals surface area contributed by atoms with Crippen molar-refractivity contribution in [3.05, 3.63) is 35.4 Å². The fourth-order valence-corrected chi connectivity index (χ4v) is 3.56. The fourth-order valence-electron chi connectivity index (χ4n) is 2.36. The number of carbonyl (C=O) groups is 1. The third kappa shape index (κ3) is 3.36. The summed E-state index contributed by atoms with van der Waals surface area (Å²) < 4.78 is 0. The van der Waals surface area contributed by atoms with E-state index in [1.54, 1.807) is 23.6 Å². The highest BCUT2D eigenvalue weighted by Gasteiger charge is 2.33. The normalized spacial score (nSPS) is 21.4. The van der Waals surface area contributed by atoms with Crippen molar-refractivity contribution in [3.8, 4) is 0 Å². The van der Waals surface area contributed by atoms with Crippen LogP contribution in [0.5, 0.6) is 0 Å². The number of thioether (sulfide) groups is 1. The summed E-state index contributed by atoms with van der Waals surface area (Å²) in [5.41, 5.74) is 2.56. The van der Waals surface area contributed by atoms with Gasteiger partial charge >= 0.3 is 0 Å². The number of benzene rings is 1. The number of nitrogens with zero attached hydrogens (tertiary/aromatic N) is 1. The molecule has 0 spiro atoms. The Balaban J connectivity index is 2.20. The van der Waals surface area contributed by atoms with Crippen LogP contribution in [0.4, 0.5) is 0 Å². The number of amides is 1. The number of hydrogen-bond donors (Lipinski definition) is 1. The molecule has 0 unspecified atom stereocenters. The Labute approximate surface area is 125 Å². The van der Waals surface area contributed by atoms with Crippen LogP contribution in [0, 0.1) is 0 Å². The largest absolute Gasteiger partial charge is 0.392 e. The van der Waals surface area contributed by atoms with Crippen molar-refractivity contribution in [2.24, 2.45) is 0 Å². The van der Waals surface area contributed by atoms with Crippen LogP contribution in [0.25, 0.3) is 0 Å². The molecule has 1 saturated heterocycles. The van der Waals surface area contributed by atoms with Gasteiger partial charge < -0.3 is 10.0 Å². The van der Waals surface area contributed by atoms with Gasteiger partial charge in [-0.25, -0.2) is 0 Å². The summed E-state index contributed by atoms with van der Waals surface area (Å²) in [6.45, 7) is 8.69. The Bertz CT molecular complexity index is 476. The van der Waals surface area contributed by atoms with Crippen LogP contribution < -0.4 is 0 Å². The zero-order chi connectivity index (χ0) is 14.9. The van der Waals surface area contributed by atoms with Gasteiger partial charge in [0.25, 0.3) is 0 Å². The molecule has 0 aliphatic carbocycles. The van der Waals surface area contributed by atoms with Crippen molar-refractivity contribution in [2.75, 3.05) is 12.3 Å². The van der Waals surface area contributed by atoms with E-state index in [1.807, 2.05) is 0 Å². The Hall–Kier alpha value is -1.00. The highest BCUT2D eigenvalue weighted by Crippen LogP contribution is 2.39. The summed E-state index contributed by atoms with van der Waals surface area (Å²) >= 11 is 1.63. The van der Waals surface area contributed by atoms with Crippen LogP contribution in [0.2, 0.25) is 0 Å². The van der Waals surface area contributed by atoms with E-state index in [-0.39, 0.29) is 16.7 Å². The molecule has 0 radical (unpaired) electrons. The minimum absolute atomic E-state index is 0.0334. The lowest BCUT2D eigenvalue weighted by atomic mass is 9.86. The second-order valence-corrected chi connectivity index (χ2v) is 7.50. The highest BCUT2D eigenvalue weighted by molar-refractivity contribution is 8.00. The molecule has 3 nitrogen and oxygen atoms in total. The van der Waals surface area contributed by atoms with Crippen molar-refractivity contribution in [2.45, 2.75) is 44.6 Å². The van der Waals surface area contributed by atoms with Crippen molar-refractivity contribution in [1.29, 1.82) is 0 Å². The second-order valence-electron chi connectivity index (χ2n) is 6.43. The minimum Gasteiger partial charge on any atom is -0.392 e. The maximum atomic E-state index is 11.9. The van der Waals surface area contributed by atoms with E-state index in [4.69, 9.17) is 0 Å². The number of hydrogen-bond acceptors (Lipinski definition) is 3. The predicted molar refractivity (Wildman–Crippen MR) is 83.7 cm³/mol. The van der Waals surface area contributed by atoms with E-state index in [1.165, 1.54) is 5.56 Å². The van der Waals surface area contributed by atoms with Gasteiger partial charge in [-0.3, -0.25) is 4.79 Å². The van der Waals surface area contributed by atoms with E-state index in [9.17, 15) is 9.90 Å². The maximum Gasteiger partial charge on any atom is 0.233 e. The molecule has 20 heavy (non-hydrogen) atoms. The lowest BCUT2D eigenvalue weighted by Gasteiger charge is -2.26. The predicted octanol–water partition coefficient (Wildman–Crippen LogP) is 2.94. The average Bonchev–Trinajstić information content (AvgIpc) is 2.70. The van der Waals surface area contributed by atoms with Gasteiger partial charge in [0.1, 0.15) is 5.37 Å². The van der Waals surface area contributed by atoms with Gasteiger partial charge in [-0.05, 0) is 23.5 Å². The molecule has 1 amide bonds. The zero-order valence-electron chi connectivity index (χ0n) is 12.6. The molecule has 4 heteroatoms. The summed E-state index contributed by atoms with van der Waals surface area (Å²) in [7, 11) is 0. The summed E-state index contributed by atoms with van der Waals surface area (Å²) in [6, 6.07) is 8.48. The third-order valence-electron chi connectivity index (χ3n) is 3.49. The van der Waals surface area contributed by atoms with Crippen molar-refractivity contribution in [1.82, 2.24) is 4.90 Å². The van der Waals surface area contributed by atoms with E-state index in [0.29, 0.717) is 12.3 Å². The van der Waals surface area contributed by atoms with Crippen molar-refractivity contribution >= 4 is 17.7 Å². The molecule has 2 rings (SSSR count). The van der Waals surface area contributed by atoms with Gasteiger partial charge in [0.05, 0.1) is 11.9 Å². The lowest BCUT2D eigenvalue weighted by molar-refractivity contribution is -0.129. The molecule has 1 aliphatic rings. The second kappa shape index (κ2) is 5.78. The summed E-state index contributed by atoms with van der Waals surface area (Å²) in [5, 5.41) is 9.58. The quantitative estimate of drug-likeness (QED) is 0.931. The molecular weight excluding hydrogens is 270 g/mol. The molecule has 1 aliphatic heterocycles. The molecule has 0 saturated carbocycles. The van der Waals surface area contributed by atoms with Crippen molar-refractivity contribution in [3.63, 3.8) is 0 Å². The van der Waals surface area contributed by atoms with Crippen LogP contribution in [0.1, 0.15) is 44.2 Å². The molecule has 2 atom stereocenters. The van der Waals surface area contributed by atoms with Crippen LogP contribution >= 0.6 is 11.8 Å². The monoisotopic (exact) mass is 293 g/mol. The SMILES string of the molecule is C[C@@H](O)CN1C(=O)CS[C@@H]1c1ccc(C(C)(C)C)cc1. The first-order valence-corrected chi connectivity index (χ1v) is 8.03. The van der Waals surface area contributed by atoms with Gasteiger partial charge in [-0.15, -0.1) is 11.8 Å².